The summed E-state index contributed by atoms with van der Waals surface area (Å²) in [5.74, 6) is -0.0962. The van der Waals surface area contributed by atoms with Gasteiger partial charge in [-0.05, 0) is 48.0 Å². The number of carbonyl (C=O) groups excluding carboxylic acids is 1. The van der Waals surface area contributed by atoms with Gasteiger partial charge >= 0.3 is 5.97 Å². The van der Waals surface area contributed by atoms with E-state index in [-0.39, 0.29) is 12.3 Å². The van der Waals surface area contributed by atoms with Crippen molar-refractivity contribution in [2.75, 3.05) is 4.90 Å². The van der Waals surface area contributed by atoms with Gasteiger partial charge in [0.1, 0.15) is 11.5 Å². The number of carboxylic acid groups (broad SMARTS) is 1. The molecule has 0 aliphatic carbocycles. The Labute approximate surface area is 197 Å². The number of furan rings is 1. The van der Waals surface area contributed by atoms with Gasteiger partial charge in [-0.25, -0.2) is 0 Å². The second-order valence-corrected chi connectivity index (χ2v) is 9.08. The Morgan fingerprint density at radius 3 is 2.52 bits per heavy atom. The molecule has 5 nitrogen and oxygen atoms in total. The topological polar surface area (TPSA) is 70.8 Å². The van der Waals surface area contributed by atoms with Crippen LogP contribution in [0.5, 0.6) is 0 Å². The number of hydrogen-bond donors (Lipinski definition) is 1. The van der Waals surface area contributed by atoms with Crippen molar-refractivity contribution in [1.29, 1.82) is 0 Å². The van der Waals surface area contributed by atoms with E-state index in [9.17, 15) is 9.59 Å². The fourth-order valence-corrected chi connectivity index (χ4v) is 4.57. The van der Waals surface area contributed by atoms with Gasteiger partial charge in [0.2, 0.25) is 0 Å². The second-order valence-electron chi connectivity index (χ2n) is 6.58. The Balaban J connectivity index is 1.55. The molecule has 1 saturated heterocycles. The number of rotatable bonds is 5. The summed E-state index contributed by atoms with van der Waals surface area (Å²) in [6.07, 6.45) is 1.55. The van der Waals surface area contributed by atoms with E-state index < -0.39 is 5.97 Å². The summed E-state index contributed by atoms with van der Waals surface area (Å²) in [6, 6.07) is 15.4. The molecule has 1 aromatic heterocycles. The number of amides is 1. The minimum atomic E-state index is -0.917. The Kier molecular flexibility index (Phi) is 6.20. The minimum absolute atomic E-state index is 0.0851. The van der Waals surface area contributed by atoms with Crippen LogP contribution in [-0.4, -0.2) is 21.3 Å². The monoisotopic (exact) mass is 489 g/mol. The maximum atomic E-state index is 12.9. The number of halogens is 2. The lowest BCUT2D eigenvalue weighted by atomic mass is 10.1. The zero-order valence-corrected chi connectivity index (χ0v) is 18.8. The van der Waals surface area contributed by atoms with Crippen LogP contribution in [0.3, 0.4) is 0 Å². The first-order chi connectivity index (χ1) is 14.8. The smallest absolute Gasteiger partial charge is 0.307 e. The van der Waals surface area contributed by atoms with Crippen LogP contribution in [0.15, 0.2) is 63.9 Å². The maximum Gasteiger partial charge on any atom is 0.307 e. The zero-order chi connectivity index (χ0) is 22.1. The van der Waals surface area contributed by atoms with Gasteiger partial charge in [-0.3, -0.25) is 14.5 Å². The quantitative estimate of drug-likeness (QED) is 0.335. The third-order valence-corrected chi connectivity index (χ3v) is 6.49. The van der Waals surface area contributed by atoms with Crippen molar-refractivity contribution in [2.45, 2.75) is 6.42 Å². The van der Waals surface area contributed by atoms with Gasteiger partial charge in [0.25, 0.3) is 5.91 Å². The molecular weight excluding hydrogens is 477 g/mol. The zero-order valence-electron chi connectivity index (χ0n) is 15.7. The average Bonchev–Trinajstić information content (AvgIpc) is 3.29. The third-order valence-electron chi connectivity index (χ3n) is 4.45. The lowest BCUT2D eigenvalue weighted by Crippen LogP contribution is -2.27. The molecule has 1 aliphatic rings. The normalized spacial score (nSPS) is 15.2. The summed E-state index contributed by atoms with van der Waals surface area (Å²) in [7, 11) is 0. The van der Waals surface area contributed by atoms with E-state index in [0.29, 0.717) is 42.0 Å². The van der Waals surface area contributed by atoms with Gasteiger partial charge in [0.05, 0.1) is 27.1 Å². The van der Waals surface area contributed by atoms with Crippen LogP contribution < -0.4 is 4.90 Å². The number of carbonyl (C=O) groups is 2. The van der Waals surface area contributed by atoms with Crippen LogP contribution in [0.1, 0.15) is 11.3 Å². The summed E-state index contributed by atoms with van der Waals surface area (Å²) in [5, 5.41) is 9.77. The highest BCUT2D eigenvalue weighted by molar-refractivity contribution is 8.27. The summed E-state index contributed by atoms with van der Waals surface area (Å²) in [5.41, 5.74) is 1.99. The van der Waals surface area contributed by atoms with E-state index in [1.807, 2.05) is 0 Å². The molecule has 1 aliphatic heterocycles. The number of benzene rings is 2. The summed E-state index contributed by atoms with van der Waals surface area (Å²) in [4.78, 5) is 25.6. The first-order valence-corrected chi connectivity index (χ1v) is 10.9. The highest BCUT2D eigenvalue weighted by Gasteiger charge is 2.33. The first kappa shape index (κ1) is 21.6. The number of thiocarbonyl (C=S) groups is 1. The second kappa shape index (κ2) is 8.88. The van der Waals surface area contributed by atoms with Crippen molar-refractivity contribution in [1.82, 2.24) is 0 Å². The van der Waals surface area contributed by atoms with Gasteiger partial charge in [-0.1, -0.05) is 59.3 Å². The molecule has 0 saturated carbocycles. The number of hydrogen-bond acceptors (Lipinski definition) is 5. The molecule has 0 unspecified atom stereocenters. The molecule has 1 N–H and O–H groups in total. The molecule has 2 heterocycles. The Bertz CT molecular complexity index is 1230. The summed E-state index contributed by atoms with van der Waals surface area (Å²) < 4.78 is 6.23. The van der Waals surface area contributed by atoms with E-state index >= 15 is 0 Å². The van der Waals surface area contributed by atoms with Crippen molar-refractivity contribution < 1.29 is 19.1 Å². The Morgan fingerprint density at radius 2 is 1.84 bits per heavy atom. The summed E-state index contributed by atoms with van der Waals surface area (Å²) >= 11 is 18.6. The highest BCUT2D eigenvalue weighted by atomic mass is 35.5. The van der Waals surface area contributed by atoms with Gasteiger partial charge in [0, 0.05) is 11.6 Å². The van der Waals surface area contributed by atoms with Crippen molar-refractivity contribution in [3.05, 3.63) is 80.9 Å². The van der Waals surface area contributed by atoms with Crippen LogP contribution in [0.4, 0.5) is 5.69 Å². The number of thioether (sulfide) groups is 1. The average molecular weight is 490 g/mol. The highest BCUT2D eigenvalue weighted by Crippen LogP contribution is 2.37. The summed E-state index contributed by atoms with van der Waals surface area (Å²) in [6.45, 7) is 0. The van der Waals surface area contributed by atoms with Crippen molar-refractivity contribution in [3.63, 3.8) is 0 Å². The fraction of sp³-hybridized carbons (Fsp3) is 0.0455. The Hall–Kier alpha value is -2.58. The standard InChI is InChI=1S/C22H13Cl2NO4S2/c23-16-7-3-13(10-17(16)24)18-8-6-15(29-18)11-19-21(28)25(22(30)31-19)14-4-1-12(2-5-14)9-20(26)27/h1-8,10-11H,9H2,(H,26,27)/b19-11+. The van der Waals surface area contributed by atoms with E-state index in [0.717, 1.165) is 5.56 Å². The molecule has 0 atom stereocenters. The number of nitrogens with zero attached hydrogens (tertiary/aromatic N) is 1. The van der Waals surface area contributed by atoms with Gasteiger partial charge in [-0.2, -0.15) is 0 Å². The number of carboxylic acids is 1. The van der Waals surface area contributed by atoms with Crippen LogP contribution in [-0.2, 0) is 16.0 Å². The van der Waals surface area contributed by atoms with Crippen molar-refractivity contribution >= 4 is 75.1 Å². The van der Waals surface area contributed by atoms with Crippen LogP contribution in [0, 0.1) is 0 Å². The molecule has 156 valence electrons. The third kappa shape index (κ3) is 4.70. The molecule has 0 radical (unpaired) electrons. The molecule has 4 rings (SSSR count). The van der Waals surface area contributed by atoms with Crippen LogP contribution >= 0.6 is 47.2 Å². The molecule has 0 bridgehead atoms. The first-order valence-electron chi connectivity index (χ1n) is 8.96. The van der Waals surface area contributed by atoms with E-state index in [2.05, 4.69) is 0 Å². The maximum absolute atomic E-state index is 12.9. The number of aliphatic carboxylic acids is 1. The lowest BCUT2D eigenvalue weighted by Gasteiger charge is -2.14. The molecule has 1 fully saturated rings. The SMILES string of the molecule is O=C(O)Cc1ccc(N2C(=O)/C(=C\c3ccc(-c4ccc(Cl)c(Cl)c4)o3)SC2=S)cc1. The van der Waals surface area contributed by atoms with Crippen molar-refractivity contribution in [3.8, 4) is 11.3 Å². The van der Waals surface area contributed by atoms with E-state index in [1.54, 1.807) is 60.7 Å². The van der Waals surface area contributed by atoms with Gasteiger partial charge in [-0.15, -0.1) is 0 Å². The predicted molar refractivity (Wildman–Crippen MR) is 128 cm³/mol. The lowest BCUT2D eigenvalue weighted by molar-refractivity contribution is -0.136. The molecule has 1 amide bonds. The molecule has 2 aromatic carbocycles. The van der Waals surface area contributed by atoms with Crippen molar-refractivity contribution in [2.24, 2.45) is 0 Å². The molecule has 3 aromatic rings. The molecule has 0 spiro atoms. The predicted octanol–water partition coefficient (Wildman–Crippen LogP) is 6.29. The fourth-order valence-electron chi connectivity index (χ4n) is 2.99. The Morgan fingerprint density at radius 1 is 1.10 bits per heavy atom. The van der Waals surface area contributed by atoms with E-state index in [4.69, 9.17) is 44.9 Å². The van der Waals surface area contributed by atoms with Crippen LogP contribution in [0.25, 0.3) is 17.4 Å². The minimum Gasteiger partial charge on any atom is -0.481 e. The largest absolute Gasteiger partial charge is 0.481 e. The van der Waals surface area contributed by atoms with Gasteiger partial charge < -0.3 is 9.52 Å². The number of anilines is 1. The molecule has 31 heavy (non-hydrogen) atoms. The van der Waals surface area contributed by atoms with E-state index in [1.165, 1.54) is 16.7 Å². The molecular formula is C22H13Cl2NO4S2. The van der Waals surface area contributed by atoms with Crippen LogP contribution in [0.2, 0.25) is 10.0 Å². The van der Waals surface area contributed by atoms with Gasteiger partial charge in [0.15, 0.2) is 4.32 Å². The molecule has 9 heteroatoms.